The van der Waals surface area contributed by atoms with Gasteiger partial charge in [-0.15, -0.1) is 11.3 Å². The minimum Gasteiger partial charge on any atom is -0.143 e. The van der Waals surface area contributed by atoms with Crippen molar-refractivity contribution >= 4 is 37.4 Å². The van der Waals surface area contributed by atoms with Gasteiger partial charge in [0, 0.05) is 9.53 Å². The highest BCUT2D eigenvalue weighted by atomic mass is 79.9. The first kappa shape index (κ1) is 10.8. The van der Waals surface area contributed by atoms with Gasteiger partial charge >= 0.3 is 0 Å². The molecule has 0 spiro atoms. The molecule has 0 nitrogen and oxygen atoms in total. The van der Waals surface area contributed by atoms with E-state index >= 15 is 0 Å². The molecular weight excluding hydrogens is 280 g/mol. The van der Waals surface area contributed by atoms with Crippen LogP contribution in [0.3, 0.4) is 0 Å². The summed E-state index contributed by atoms with van der Waals surface area (Å²) in [6.45, 7) is 0. The van der Waals surface area contributed by atoms with E-state index < -0.39 is 0 Å². The van der Waals surface area contributed by atoms with E-state index in [9.17, 15) is 0 Å². The molecule has 2 aromatic rings. The van der Waals surface area contributed by atoms with E-state index in [-0.39, 0.29) is 0 Å². The molecule has 1 atom stereocenters. The summed E-state index contributed by atoms with van der Waals surface area (Å²) in [6.07, 6.45) is 5.60. The monoisotopic (exact) mass is 294 g/mol. The van der Waals surface area contributed by atoms with Crippen LogP contribution < -0.4 is 0 Å². The quantitative estimate of drug-likeness (QED) is 0.639. The van der Waals surface area contributed by atoms with Crippen molar-refractivity contribution in [2.75, 3.05) is 0 Å². The predicted molar refractivity (Wildman–Crippen MR) is 75.5 cm³/mol. The van der Waals surface area contributed by atoms with Gasteiger partial charge in [-0.2, -0.15) is 0 Å². The van der Waals surface area contributed by atoms with Crippen LogP contribution in [0.2, 0.25) is 0 Å². The van der Waals surface area contributed by atoms with Gasteiger partial charge in [-0.25, -0.2) is 0 Å². The van der Waals surface area contributed by atoms with Crippen molar-refractivity contribution in [2.24, 2.45) is 5.92 Å². The Labute approximate surface area is 109 Å². The van der Waals surface area contributed by atoms with Crippen molar-refractivity contribution in [3.05, 3.63) is 35.2 Å². The fourth-order valence-corrected chi connectivity index (χ4v) is 4.80. The lowest BCUT2D eigenvalue weighted by Gasteiger charge is -2.16. The van der Waals surface area contributed by atoms with Gasteiger partial charge in [-0.1, -0.05) is 47.0 Å². The van der Waals surface area contributed by atoms with Gasteiger partial charge < -0.3 is 0 Å². The zero-order valence-corrected chi connectivity index (χ0v) is 11.6. The minimum absolute atomic E-state index is 0.561. The number of alkyl halides is 1. The van der Waals surface area contributed by atoms with Crippen molar-refractivity contribution in [1.29, 1.82) is 0 Å². The van der Waals surface area contributed by atoms with Gasteiger partial charge in [0.05, 0.1) is 0 Å². The molecule has 1 heterocycles. The SMILES string of the molecule is BrC(c1csc2ccccc12)C1CCCC1. The van der Waals surface area contributed by atoms with Crippen LogP contribution in [0.1, 0.15) is 36.1 Å². The molecule has 1 aliphatic rings. The summed E-state index contributed by atoms with van der Waals surface area (Å²) in [6, 6.07) is 8.75. The maximum absolute atomic E-state index is 3.92. The van der Waals surface area contributed by atoms with E-state index in [1.807, 2.05) is 11.3 Å². The van der Waals surface area contributed by atoms with E-state index in [1.165, 1.54) is 41.3 Å². The Morgan fingerprint density at radius 1 is 1.19 bits per heavy atom. The largest absolute Gasteiger partial charge is 0.143 e. The Morgan fingerprint density at radius 2 is 1.94 bits per heavy atom. The molecule has 0 aliphatic heterocycles. The van der Waals surface area contributed by atoms with Crippen molar-refractivity contribution in [2.45, 2.75) is 30.5 Å². The molecule has 3 rings (SSSR count). The van der Waals surface area contributed by atoms with Gasteiger partial charge in [0.25, 0.3) is 0 Å². The molecule has 16 heavy (non-hydrogen) atoms. The second kappa shape index (κ2) is 4.50. The first-order valence-corrected chi connectivity index (χ1v) is 7.76. The summed E-state index contributed by atoms with van der Waals surface area (Å²) in [5, 5.41) is 3.78. The zero-order valence-electron chi connectivity index (χ0n) is 9.16. The lowest BCUT2D eigenvalue weighted by atomic mass is 9.97. The molecular formula is C14H15BrS. The molecule has 0 N–H and O–H groups in total. The third-order valence-electron chi connectivity index (χ3n) is 3.62. The number of halogens is 1. The Morgan fingerprint density at radius 3 is 2.75 bits per heavy atom. The minimum atomic E-state index is 0.561. The summed E-state index contributed by atoms with van der Waals surface area (Å²) >= 11 is 5.79. The van der Waals surface area contributed by atoms with Crippen LogP contribution in [-0.2, 0) is 0 Å². The summed E-state index contributed by atoms with van der Waals surface area (Å²) in [7, 11) is 0. The third-order valence-corrected chi connectivity index (χ3v) is 5.84. The average Bonchev–Trinajstić information content (AvgIpc) is 2.98. The molecule has 1 aromatic heterocycles. The highest BCUT2D eigenvalue weighted by Gasteiger charge is 2.25. The summed E-state index contributed by atoms with van der Waals surface area (Å²) < 4.78 is 1.42. The van der Waals surface area contributed by atoms with Crippen LogP contribution >= 0.6 is 27.3 Å². The van der Waals surface area contributed by atoms with Crippen LogP contribution in [0.5, 0.6) is 0 Å². The molecule has 1 unspecified atom stereocenters. The standard InChI is InChI=1S/C14H15BrS/c15-14(10-5-1-2-6-10)12-9-16-13-8-4-3-7-11(12)13/h3-4,7-10,14H,1-2,5-6H2. The second-order valence-electron chi connectivity index (χ2n) is 4.63. The smallest absolute Gasteiger partial charge is 0.0437 e. The number of hydrogen-bond acceptors (Lipinski definition) is 1. The molecule has 1 aliphatic carbocycles. The molecule has 84 valence electrons. The van der Waals surface area contributed by atoms with Crippen molar-refractivity contribution in [3.8, 4) is 0 Å². The first-order chi connectivity index (χ1) is 7.86. The van der Waals surface area contributed by atoms with Crippen LogP contribution in [0.15, 0.2) is 29.6 Å². The summed E-state index contributed by atoms with van der Waals surface area (Å²) in [5.74, 6) is 0.845. The average molecular weight is 295 g/mol. The molecule has 0 radical (unpaired) electrons. The molecule has 1 saturated carbocycles. The Kier molecular flexibility index (Phi) is 3.03. The lowest BCUT2D eigenvalue weighted by Crippen LogP contribution is -2.01. The normalized spacial score (nSPS) is 19.3. The fraction of sp³-hybridized carbons (Fsp3) is 0.429. The Bertz CT molecular complexity index is 482. The maximum atomic E-state index is 3.92. The molecule has 2 heteroatoms. The van der Waals surface area contributed by atoms with E-state index in [4.69, 9.17) is 0 Å². The van der Waals surface area contributed by atoms with Crippen molar-refractivity contribution in [3.63, 3.8) is 0 Å². The number of fused-ring (bicyclic) bond motifs is 1. The number of benzene rings is 1. The molecule has 1 aromatic carbocycles. The highest BCUT2D eigenvalue weighted by molar-refractivity contribution is 9.09. The van der Waals surface area contributed by atoms with Crippen LogP contribution in [-0.4, -0.2) is 0 Å². The predicted octanol–water partition coefficient (Wildman–Crippen LogP) is 5.53. The van der Waals surface area contributed by atoms with E-state index in [2.05, 4.69) is 45.6 Å². The van der Waals surface area contributed by atoms with Crippen molar-refractivity contribution in [1.82, 2.24) is 0 Å². The summed E-state index contributed by atoms with van der Waals surface area (Å²) in [4.78, 5) is 0.561. The van der Waals surface area contributed by atoms with Crippen molar-refractivity contribution < 1.29 is 0 Å². The van der Waals surface area contributed by atoms with E-state index in [1.54, 1.807) is 0 Å². The Hall–Kier alpha value is -0.340. The van der Waals surface area contributed by atoms with Gasteiger partial charge in [-0.3, -0.25) is 0 Å². The summed E-state index contributed by atoms with van der Waals surface area (Å²) in [5.41, 5.74) is 1.51. The Balaban J connectivity index is 1.98. The van der Waals surface area contributed by atoms with Crippen LogP contribution in [0.25, 0.3) is 10.1 Å². The van der Waals surface area contributed by atoms with E-state index in [0.29, 0.717) is 4.83 Å². The van der Waals surface area contributed by atoms with Crippen LogP contribution in [0, 0.1) is 5.92 Å². The maximum Gasteiger partial charge on any atom is 0.0437 e. The topological polar surface area (TPSA) is 0 Å². The second-order valence-corrected chi connectivity index (χ2v) is 6.53. The van der Waals surface area contributed by atoms with Gasteiger partial charge in [0.2, 0.25) is 0 Å². The molecule has 0 bridgehead atoms. The number of hydrogen-bond donors (Lipinski definition) is 0. The third kappa shape index (κ3) is 1.82. The lowest BCUT2D eigenvalue weighted by molar-refractivity contribution is 0.544. The zero-order chi connectivity index (χ0) is 11.0. The van der Waals surface area contributed by atoms with Gasteiger partial charge in [0.15, 0.2) is 0 Å². The number of thiophene rings is 1. The highest BCUT2D eigenvalue weighted by Crippen LogP contribution is 2.44. The van der Waals surface area contributed by atoms with E-state index in [0.717, 1.165) is 5.92 Å². The van der Waals surface area contributed by atoms with Gasteiger partial charge in [0.1, 0.15) is 0 Å². The van der Waals surface area contributed by atoms with Crippen LogP contribution in [0.4, 0.5) is 0 Å². The molecule has 0 amide bonds. The first-order valence-electron chi connectivity index (χ1n) is 5.96. The molecule has 0 saturated heterocycles. The molecule has 1 fully saturated rings. The fourth-order valence-electron chi connectivity index (χ4n) is 2.72. The number of rotatable bonds is 2. The van der Waals surface area contributed by atoms with Gasteiger partial charge in [-0.05, 0) is 41.2 Å².